The first kappa shape index (κ1) is 15.7. The normalized spacial score (nSPS) is 4.00. The second-order valence-corrected chi connectivity index (χ2v) is 0.848. The van der Waals surface area contributed by atoms with Gasteiger partial charge in [0.15, 0.2) is 0 Å². The maximum absolute atomic E-state index is 8.74. The summed E-state index contributed by atoms with van der Waals surface area (Å²) in [6, 6.07) is 0. The van der Waals surface area contributed by atoms with Gasteiger partial charge in [-0.25, -0.2) is 0 Å². The van der Waals surface area contributed by atoms with Crippen molar-refractivity contribution in [1.82, 2.24) is 0 Å². The molecule has 0 aliphatic rings. The number of rotatable bonds is 0. The monoisotopic (exact) mass is 244 g/mol. The van der Waals surface area contributed by atoms with Crippen molar-refractivity contribution in [3.05, 3.63) is 0 Å². The van der Waals surface area contributed by atoms with E-state index in [9.17, 15) is 0 Å². The summed E-state index contributed by atoms with van der Waals surface area (Å²) in [5, 5.41) is 0. The molecule has 0 aromatic rings. The van der Waals surface area contributed by atoms with Gasteiger partial charge >= 0.3 is 81.1 Å². The van der Waals surface area contributed by atoms with Crippen LogP contribution in [-0.4, -0.2) is 90.7 Å². The smallest absolute Gasteiger partial charge is 0.316 e. The van der Waals surface area contributed by atoms with E-state index in [2.05, 4.69) is 0 Å². The Kier molecular flexibility index (Phi) is 26.2. The minimum atomic E-state index is -3.13. The molecule has 0 saturated heterocycles. The van der Waals surface area contributed by atoms with Crippen LogP contribution in [0.3, 0.4) is 0 Å². The average molecular weight is 244 g/mol. The largest absolute Gasteiger partial charge is 0.316 e. The van der Waals surface area contributed by atoms with Crippen molar-refractivity contribution in [2.24, 2.45) is 0 Å². The molecular formula is H6BaMgO3Si. The van der Waals surface area contributed by atoms with Gasteiger partial charge in [-0.1, -0.05) is 0 Å². The van der Waals surface area contributed by atoms with Crippen molar-refractivity contribution in [2.75, 3.05) is 0 Å². The molecule has 0 bridgehead atoms. The summed E-state index contributed by atoms with van der Waals surface area (Å²) in [7, 11) is -3.13. The molecule has 0 radical (unpaired) electrons. The third-order valence-electron chi connectivity index (χ3n) is 0. The van der Waals surface area contributed by atoms with Crippen LogP contribution in [0, 0.1) is 0 Å². The van der Waals surface area contributed by atoms with E-state index in [0.29, 0.717) is 0 Å². The van der Waals surface area contributed by atoms with Gasteiger partial charge in [0.05, 0.1) is 0 Å². The van der Waals surface area contributed by atoms with E-state index in [1.807, 2.05) is 0 Å². The van der Waals surface area contributed by atoms with E-state index in [0.717, 1.165) is 0 Å². The van der Waals surface area contributed by atoms with Gasteiger partial charge in [0, 0.05) is 0 Å². The molecule has 0 heterocycles. The molecule has 0 aromatic heterocycles. The molecule has 2 N–H and O–H groups in total. The van der Waals surface area contributed by atoms with Gasteiger partial charge in [0.1, 0.15) is 0 Å². The van der Waals surface area contributed by atoms with Crippen molar-refractivity contribution < 1.29 is 14.1 Å². The molecule has 32 valence electrons. The Labute approximate surface area is 93.3 Å². The summed E-state index contributed by atoms with van der Waals surface area (Å²) in [6.07, 6.45) is 0. The predicted octanol–water partition coefficient (Wildman–Crippen LogP) is -3.45. The molecular weight excluding hydrogens is 238 g/mol. The second kappa shape index (κ2) is 10.0. The second-order valence-electron chi connectivity index (χ2n) is 0.283. The third-order valence-corrected chi connectivity index (χ3v) is 0. The van der Waals surface area contributed by atoms with Gasteiger partial charge in [0.2, 0.25) is 0 Å². The molecule has 0 atom stereocenters. The fourth-order valence-electron chi connectivity index (χ4n) is 0. The molecule has 0 spiro atoms. The summed E-state index contributed by atoms with van der Waals surface area (Å²) in [5.74, 6) is 0. The molecule has 0 rings (SSSR count). The fourth-order valence-corrected chi connectivity index (χ4v) is 0. The molecule has 0 unspecified atom stereocenters. The van der Waals surface area contributed by atoms with Crippen LogP contribution in [0.2, 0.25) is 0 Å². The van der Waals surface area contributed by atoms with E-state index in [-0.39, 0.29) is 71.9 Å². The zero-order valence-electron chi connectivity index (χ0n) is 1.80. The fraction of sp³-hybridized carbons (Fsp3) is 0. The van der Waals surface area contributed by atoms with Gasteiger partial charge in [0.25, 0.3) is 0 Å². The zero-order valence-corrected chi connectivity index (χ0v) is 2.80. The van der Waals surface area contributed by atoms with Crippen LogP contribution in [0.4, 0.5) is 0 Å². The van der Waals surface area contributed by atoms with Crippen LogP contribution in [0.5, 0.6) is 0 Å². The number of hydrogen-bond acceptors (Lipinski definition) is 1. The standard InChI is InChI=1S/Ba.Mg.H2O3Si.4H/c;;1-4(2)3;;;;/h;;1-2H;;;;. The van der Waals surface area contributed by atoms with Crippen molar-refractivity contribution in [3.8, 4) is 0 Å². The summed E-state index contributed by atoms with van der Waals surface area (Å²) >= 11 is 0. The molecule has 0 aliphatic heterocycles. The topological polar surface area (TPSA) is 57.5 Å². The van der Waals surface area contributed by atoms with Crippen LogP contribution in [0.1, 0.15) is 0 Å². The van der Waals surface area contributed by atoms with Crippen molar-refractivity contribution in [3.63, 3.8) is 0 Å². The SMILES string of the molecule is O=[Si](O)O.[BaH2].[MgH2]. The summed E-state index contributed by atoms with van der Waals surface area (Å²) in [6.45, 7) is 0. The van der Waals surface area contributed by atoms with Crippen LogP contribution in [0.25, 0.3) is 0 Å². The Bertz CT molecular complexity index is 33.8. The van der Waals surface area contributed by atoms with Crippen LogP contribution in [-0.2, 0) is 4.46 Å². The first-order valence-electron chi connectivity index (χ1n) is 0.651. The summed E-state index contributed by atoms with van der Waals surface area (Å²) in [4.78, 5) is 14.3. The number of hydrogen-bond donors (Lipinski definition) is 2. The Hall–Kier alpha value is 1.95. The van der Waals surface area contributed by atoms with Gasteiger partial charge in [-0.2, -0.15) is 0 Å². The Balaban J connectivity index is -0.0000000450. The Morgan fingerprint density at radius 3 is 1.33 bits per heavy atom. The Morgan fingerprint density at radius 1 is 1.33 bits per heavy atom. The first-order chi connectivity index (χ1) is 1.73. The van der Waals surface area contributed by atoms with E-state index in [1.165, 1.54) is 0 Å². The minimum absolute atomic E-state index is 0. The van der Waals surface area contributed by atoms with Gasteiger partial charge in [-0.15, -0.1) is 0 Å². The van der Waals surface area contributed by atoms with Crippen LogP contribution < -0.4 is 0 Å². The summed E-state index contributed by atoms with van der Waals surface area (Å²) in [5.41, 5.74) is 0. The Morgan fingerprint density at radius 2 is 1.33 bits per heavy atom. The molecule has 0 aliphatic carbocycles. The van der Waals surface area contributed by atoms with Crippen LogP contribution in [0.15, 0.2) is 0 Å². The minimum Gasteiger partial charge on any atom is 0.316 e. The van der Waals surface area contributed by atoms with Crippen LogP contribution >= 0.6 is 0 Å². The predicted molar refractivity (Wildman–Crippen MR) is 28.0 cm³/mol. The van der Waals surface area contributed by atoms with E-state index < -0.39 is 9.17 Å². The quantitative estimate of drug-likeness (QED) is 0.436. The average Bonchev–Trinajstić information content (AvgIpc) is 0.811. The third kappa shape index (κ3) is 38.3. The zero-order chi connectivity index (χ0) is 3.58. The van der Waals surface area contributed by atoms with Crippen molar-refractivity contribution >= 4 is 81.1 Å². The molecule has 0 saturated carbocycles. The molecule has 3 nitrogen and oxygen atoms in total. The van der Waals surface area contributed by atoms with E-state index in [1.54, 1.807) is 0 Å². The first-order valence-corrected chi connectivity index (χ1v) is 1.95. The molecule has 0 amide bonds. The van der Waals surface area contributed by atoms with Gasteiger partial charge in [-0.3, -0.25) is 4.46 Å². The van der Waals surface area contributed by atoms with E-state index in [4.69, 9.17) is 14.1 Å². The van der Waals surface area contributed by atoms with Crippen molar-refractivity contribution in [1.29, 1.82) is 0 Å². The van der Waals surface area contributed by atoms with Crippen molar-refractivity contribution in [2.45, 2.75) is 0 Å². The van der Waals surface area contributed by atoms with Gasteiger partial charge < -0.3 is 9.59 Å². The maximum atomic E-state index is 8.74. The summed E-state index contributed by atoms with van der Waals surface area (Å²) < 4.78 is 8.74. The molecule has 6 heteroatoms. The maximum Gasteiger partial charge on any atom is 0.316 e. The molecule has 6 heavy (non-hydrogen) atoms. The molecule has 0 aromatic carbocycles. The van der Waals surface area contributed by atoms with E-state index >= 15 is 0 Å². The van der Waals surface area contributed by atoms with Gasteiger partial charge in [-0.05, 0) is 0 Å². The molecule has 0 fully saturated rings.